The van der Waals surface area contributed by atoms with E-state index in [1.54, 1.807) is 19.2 Å². The zero-order valence-electron chi connectivity index (χ0n) is 19.7. The highest BCUT2D eigenvalue weighted by atomic mass is 32.2. The number of thiol groups is 1. The second-order valence-corrected chi connectivity index (χ2v) is 10.0. The van der Waals surface area contributed by atoms with Crippen LogP contribution in [0, 0.1) is 0 Å². The maximum Gasteiger partial charge on any atom is 0.269 e. The molecule has 1 aliphatic heterocycles. The number of nitrogens with one attached hydrogen (secondary N) is 2. The van der Waals surface area contributed by atoms with Crippen molar-refractivity contribution in [3.05, 3.63) is 42.2 Å². The molecule has 0 radical (unpaired) electrons. The summed E-state index contributed by atoms with van der Waals surface area (Å²) in [5.74, 6) is 1.28. The second kappa shape index (κ2) is 11.6. The van der Waals surface area contributed by atoms with Crippen molar-refractivity contribution in [3.63, 3.8) is 0 Å². The van der Waals surface area contributed by atoms with Crippen LogP contribution in [0.15, 0.2) is 41.4 Å². The van der Waals surface area contributed by atoms with Gasteiger partial charge in [0.05, 0.1) is 18.3 Å². The number of carbonyl (C=O) groups excluding carboxylic acids is 2. The first-order valence-electron chi connectivity index (χ1n) is 11.4. The minimum absolute atomic E-state index is 0.250. The van der Waals surface area contributed by atoms with Gasteiger partial charge in [-0.15, -0.1) is 12.6 Å². The van der Waals surface area contributed by atoms with Crippen LogP contribution in [0.3, 0.4) is 0 Å². The summed E-state index contributed by atoms with van der Waals surface area (Å²) in [6.07, 6.45) is 3.77. The summed E-state index contributed by atoms with van der Waals surface area (Å²) in [4.78, 5) is 39.8. The largest absolute Gasteiger partial charge is 0.481 e. The van der Waals surface area contributed by atoms with E-state index in [0.29, 0.717) is 22.6 Å². The Morgan fingerprint density at radius 1 is 1.23 bits per heavy atom. The summed E-state index contributed by atoms with van der Waals surface area (Å²) in [6.45, 7) is 3.85. The molecule has 2 amide bonds. The topological polar surface area (TPSA) is 109 Å². The van der Waals surface area contributed by atoms with Gasteiger partial charge in [0.1, 0.15) is 17.0 Å². The van der Waals surface area contributed by atoms with Crippen LogP contribution in [0.1, 0.15) is 30.3 Å². The zero-order chi connectivity index (χ0) is 24.8. The third kappa shape index (κ3) is 6.34. The summed E-state index contributed by atoms with van der Waals surface area (Å²) in [6, 6.07) is 9.02. The summed E-state index contributed by atoms with van der Waals surface area (Å²) in [5, 5.41) is 6.00. The molecule has 1 saturated heterocycles. The Bertz CT molecular complexity index is 1230. The van der Waals surface area contributed by atoms with E-state index in [1.165, 1.54) is 6.92 Å². The fourth-order valence-corrected chi connectivity index (χ4v) is 5.28. The first kappa shape index (κ1) is 25.1. The molecule has 0 aromatic carbocycles. The first-order valence-corrected chi connectivity index (χ1v) is 12.9. The number of hydrogen-bond acceptors (Lipinski definition) is 9. The standard InChI is InChI=1S/C24H28N6O3S2/c1-15(31)27-23-20(34)6-4-18(28-23)24(32)26-10-3-13-35-16-9-12-30(14-16)19-8-11-25-17-5-7-21(33-2)29-22(17)19/h4-8,11,16,34H,3,9-10,12-14H2,1-2H3,(H,26,32)(H,27,28,31). The number of carbonyl (C=O) groups is 2. The molecule has 0 bridgehead atoms. The van der Waals surface area contributed by atoms with Crippen molar-refractivity contribution in [1.29, 1.82) is 0 Å². The molecule has 1 fully saturated rings. The van der Waals surface area contributed by atoms with E-state index in [9.17, 15) is 9.59 Å². The van der Waals surface area contributed by atoms with Crippen LogP contribution in [0.25, 0.3) is 11.0 Å². The van der Waals surface area contributed by atoms with Gasteiger partial charge in [-0.05, 0) is 42.9 Å². The Labute approximate surface area is 213 Å². The number of fused-ring (bicyclic) bond motifs is 1. The van der Waals surface area contributed by atoms with Crippen LogP contribution < -0.4 is 20.3 Å². The summed E-state index contributed by atoms with van der Waals surface area (Å²) in [7, 11) is 1.62. The molecule has 3 aromatic heterocycles. The number of anilines is 2. The summed E-state index contributed by atoms with van der Waals surface area (Å²) < 4.78 is 5.29. The van der Waals surface area contributed by atoms with Crippen molar-refractivity contribution in [2.75, 3.05) is 42.7 Å². The molecule has 0 saturated carbocycles. The lowest BCUT2D eigenvalue weighted by molar-refractivity contribution is -0.114. The molecule has 3 aromatic rings. The molecule has 9 nitrogen and oxygen atoms in total. The number of hydrogen-bond donors (Lipinski definition) is 3. The average molecular weight is 513 g/mol. The maximum atomic E-state index is 12.4. The monoisotopic (exact) mass is 512 g/mol. The number of nitrogens with zero attached hydrogens (tertiary/aromatic N) is 4. The number of amides is 2. The van der Waals surface area contributed by atoms with Gasteiger partial charge < -0.3 is 20.3 Å². The predicted octanol–water partition coefficient (Wildman–Crippen LogP) is 3.41. The fourth-order valence-electron chi connectivity index (χ4n) is 3.90. The first-order chi connectivity index (χ1) is 16.9. The van der Waals surface area contributed by atoms with Crippen molar-refractivity contribution in [2.45, 2.75) is 29.9 Å². The van der Waals surface area contributed by atoms with Gasteiger partial charge in [-0.3, -0.25) is 14.6 Å². The van der Waals surface area contributed by atoms with Gasteiger partial charge in [-0.25, -0.2) is 9.97 Å². The molecule has 0 aliphatic carbocycles. The van der Waals surface area contributed by atoms with Crippen molar-refractivity contribution in [1.82, 2.24) is 20.3 Å². The fraction of sp³-hybridized carbons (Fsp3) is 0.375. The highest BCUT2D eigenvalue weighted by Crippen LogP contribution is 2.31. The van der Waals surface area contributed by atoms with E-state index < -0.39 is 0 Å². The van der Waals surface area contributed by atoms with Crippen LogP contribution in [0.4, 0.5) is 11.5 Å². The molecule has 35 heavy (non-hydrogen) atoms. The molecule has 1 aliphatic rings. The predicted molar refractivity (Wildman–Crippen MR) is 142 cm³/mol. The SMILES string of the molecule is COc1ccc2nccc(N3CCC(SCCCNC(=O)c4ccc(S)c(NC(C)=O)n4)C3)c2n1. The van der Waals surface area contributed by atoms with Crippen molar-refractivity contribution in [3.8, 4) is 5.88 Å². The van der Waals surface area contributed by atoms with Gasteiger partial charge in [0.15, 0.2) is 0 Å². The van der Waals surface area contributed by atoms with Gasteiger partial charge in [-0.1, -0.05) is 0 Å². The van der Waals surface area contributed by atoms with Gasteiger partial charge in [0, 0.05) is 49.0 Å². The molecular weight excluding hydrogens is 484 g/mol. The number of aromatic nitrogens is 3. The van der Waals surface area contributed by atoms with Crippen LogP contribution in [-0.4, -0.2) is 64.5 Å². The smallest absolute Gasteiger partial charge is 0.269 e. The van der Waals surface area contributed by atoms with Crippen molar-refractivity contribution in [2.24, 2.45) is 0 Å². The lowest BCUT2D eigenvalue weighted by Gasteiger charge is -2.20. The number of thioether (sulfide) groups is 1. The molecule has 184 valence electrons. The quantitative estimate of drug-likeness (QED) is 0.296. The molecule has 1 atom stereocenters. The molecule has 0 spiro atoms. The lowest BCUT2D eigenvalue weighted by Crippen LogP contribution is -2.26. The van der Waals surface area contributed by atoms with Gasteiger partial charge >= 0.3 is 0 Å². The van der Waals surface area contributed by atoms with Gasteiger partial charge in [-0.2, -0.15) is 11.8 Å². The van der Waals surface area contributed by atoms with E-state index in [-0.39, 0.29) is 23.3 Å². The summed E-state index contributed by atoms with van der Waals surface area (Å²) in [5.41, 5.74) is 3.06. The minimum atomic E-state index is -0.269. The Kier molecular flexibility index (Phi) is 8.29. The number of pyridine rings is 3. The third-order valence-electron chi connectivity index (χ3n) is 5.59. The van der Waals surface area contributed by atoms with Crippen molar-refractivity contribution >= 4 is 58.7 Å². The van der Waals surface area contributed by atoms with E-state index in [0.717, 1.165) is 48.4 Å². The Balaban J connectivity index is 1.23. The van der Waals surface area contributed by atoms with E-state index >= 15 is 0 Å². The van der Waals surface area contributed by atoms with Crippen LogP contribution >= 0.6 is 24.4 Å². The Morgan fingerprint density at radius 3 is 2.89 bits per heavy atom. The number of methoxy groups -OCH3 is 1. The van der Waals surface area contributed by atoms with Gasteiger partial charge in [0.2, 0.25) is 11.8 Å². The second-order valence-electron chi connectivity index (χ2n) is 8.13. The van der Waals surface area contributed by atoms with E-state index in [2.05, 4.69) is 43.1 Å². The minimum Gasteiger partial charge on any atom is -0.481 e. The van der Waals surface area contributed by atoms with Crippen LogP contribution in [0.2, 0.25) is 0 Å². The van der Waals surface area contributed by atoms with E-state index in [4.69, 9.17) is 4.74 Å². The van der Waals surface area contributed by atoms with E-state index in [1.807, 2.05) is 36.2 Å². The molecule has 4 heterocycles. The lowest BCUT2D eigenvalue weighted by atomic mass is 10.2. The van der Waals surface area contributed by atoms with Crippen molar-refractivity contribution < 1.29 is 14.3 Å². The van der Waals surface area contributed by atoms with Crippen LogP contribution in [-0.2, 0) is 4.79 Å². The maximum absolute atomic E-state index is 12.4. The highest BCUT2D eigenvalue weighted by Gasteiger charge is 2.24. The number of ether oxygens (including phenoxy) is 1. The Hall–Kier alpha value is -3.05. The third-order valence-corrected chi connectivity index (χ3v) is 7.33. The zero-order valence-corrected chi connectivity index (χ0v) is 21.4. The Morgan fingerprint density at radius 2 is 2.09 bits per heavy atom. The van der Waals surface area contributed by atoms with Gasteiger partial charge in [0.25, 0.3) is 5.91 Å². The normalized spacial score (nSPS) is 15.3. The highest BCUT2D eigenvalue weighted by molar-refractivity contribution is 7.99. The average Bonchev–Trinajstić information content (AvgIpc) is 3.32. The molecular formula is C24H28N6O3S2. The molecule has 2 N–H and O–H groups in total. The summed E-state index contributed by atoms with van der Waals surface area (Å²) >= 11 is 6.19. The molecule has 11 heteroatoms. The number of rotatable bonds is 9. The van der Waals surface area contributed by atoms with Crippen LogP contribution in [0.5, 0.6) is 5.88 Å². The molecule has 4 rings (SSSR count). The molecule has 1 unspecified atom stereocenters.